The van der Waals surface area contributed by atoms with Crippen molar-refractivity contribution < 1.29 is 5.11 Å². The van der Waals surface area contributed by atoms with Gasteiger partial charge in [0.1, 0.15) is 0 Å². The van der Waals surface area contributed by atoms with Crippen LogP contribution in [0.1, 0.15) is 77.2 Å². The standard InChI is InChI=1S/C26H35ClO/c1-25-13-6-5-8-19(25)10-11-20-21(25)12-14-26(2)22(20)16-18(24(26)28)15-17-7-3-4-9-23(17)27/h3-4,7,9,15,19-22,24,28H,5-6,8,10-14,16H2,1-2H3/b18-15+/t19-,20-,21+,22+,24-,25+,26+/m1/s1. The Balaban J connectivity index is 1.47. The van der Waals surface area contributed by atoms with E-state index in [4.69, 9.17) is 11.6 Å². The van der Waals surface area contributed by atoms with E-state index >= 15 is 0 Å². The predicted octanol–water partition coefficient (Wildman–Crippen LogP) is 7.13. The van der Waals surface area contributed by atoms with Gasteiger partial charge in [-0.3, -0.25) is 0 Å². The molecule has 0 unspecified atom stereocenters. The maximum Gasteiger partial charge on any atom is 0.0809 e. The average Bonchev–Trinajstić information content (AvgIpc) is 2.94. The van der Waals surface area contributed by atoms with Crippen molar-refractivity contribution in [3.05, 3.63) is 40.4 Å². The molecular formula is C26H35ClO. The van der Waals surface area contributed by atoms with Crippen LogP contribution in [0.15, 0.2) is 29.8 Å². The van der Waals surface area contributed by atoms with Crippen LogP contribution in [0.25, 0.3) is 6.08 Å². The number of rotatable bonds is 1. The fourth-order valence-electron chi connectivity index (χ4n) is 8.09. The zero-order valence-corrected chi connectivity index (χ0v) is 18.2. The van der Waals surface area contributed by atoms with E-state index in [1.165, 1.54) is 56.9 Å². The maximum atomic E-state index is 11.4. The summed E-state index contributed by atoms with van der Waals surface area (Å²) in [6.45, 7) is 5.00. The second kappa shape index (κ2) is 6.88. The van der Waals surface area contributed by atoms with Crippen molar-refractivity contribution >= 4 is 17.7 Å². The van der Waals surface area contributed by atoms with Crippen LogP contribution >= 0.6 is 11.6 Å². The lowest BCUT2D eigenvalue weighted by atomic mass is 9.45. The molecule has 0 spiro atoms. The lowest BCUT2D eigenvalue weighted by Crippen LogP contribution is -2.53. The first-order chi connectivity index (χ1) is 13.4. The second-order valence-electron chi connectivity index (χ2n) is 10.8. The number of halogens is 1. The first kappa shape index (κ1) is 19.2. The molecule has 28 heavy (non-hydrogen) atoms. The van der Waals surface area contributed by atoms with Gasteiger partial charge in [-0.15, -0.1) is 0 Å². The first-order valence-electron chi connectivity index (χ1n) is 11.6. The Hall–Kier alpha value is -0.790. The highest BCUT2D eigenvalue weighted by Gasteiger charge is 2.60. The Morgan fingerprint density at radius 3 is 2.61 bits per heavy atom. The van der Waals surface area contributed by atoms with Gasteiger partial charge in [-0.25, -0.2) is 0 Å². The van der Waals surface area contributed by atoms with Crippen LogP contribution in [0.2, 0.25) is 5.02 Å². The van der Waals surface area contributed by atoms with E-state index in [1.807, 2.05) is 18.2 Å². The van der Waals surface area contributed by atoms with E-state index in [9.17, 15) is 5.11 Å². The third-order valence-electron chi connectivity index (χ3n) is 9.70. The monoisotopic (exact) mass is 398 g/mol. The lowest BCUT2D eigenvalue weighted by molar-refractivity contribution is -0.119. The molecule has 4 aliphatic rings. The number of fused-ring (bicyclic) bond motifs is 5. The molecule has 5 rings (SSSR count). The molecular weight excluding hydrogens is 364 g/mol. The molecule has 1 aromatic rings. The van der Waals surface area contributed by atoms with E-state index in [-0.39, 0.29) is 11.5 Å². The Morgan fingerprint density at radius 1 is 0.964 bits per heavy atom. The minimum Gasteiger partial charge on any atom is -0.388 e. The van der Waals surface area contributed by atoms with Crippen molar-refractivity contribution in [2.24, 2.45) is 34.5 Å². The molecule has 0 saturated heterocycles. The molecule has 2 heteroatoms. The Bertz CT molecular complexity index is 784. The average molecular weight is 399 g/mol. The van der Waals surface area contributed by atoms with Gasteiger partial charge in [0.25, 0.3) is 0 Å². The van der Waals surface area contributed by atoms with E-state index in [2.05, 4.69) is 26.0 Å². The van der Waals surface area contributed by atoms with Crippen LogP contribution in [-0.2, 0) is 0 Å². The molecule has 7 atom stereocenters. The summed E-state index contributed by atoms with van der Waals surface area (Å²) in [5.41, 5.74) is 2.88. The van der Waals surface area contributed by atoms with Gasteiger partial charge in [-0.05, 0) is 91.2 Å². The summed E-state index contributed by atoms with van der Waals surface area (Å²) in [7, 11) is 0. The molecule has 4 aliphatic carbocycles. The van der Waals surface area contributed by atoms with Crippen LogP contribution in [-0.4, -0.2) is 11.2 Å². The van der Waals surface area contributed by atoms with Gasteiger partial charge < -0.3 is 5.11 Å². The molecule has 0 radical (unpaired) electrons. The van der Waals surface area contributed by atoms with Crippen LogP contribution < -0.4 is 0 Å². The van der Waals surface area contributed by atoms with Crippen molar-refractivity contribution in [3.63, 3.8) is 0 Å². The zero-order chi connectivity index (χ0) is 19.5. The number of hydrogen-bond donors (Lipinski definition) is 1. The number of aliphatic hydroxyl groups excluding tert-OH is 1. The SMILES string of the molecule is C[C@]12CCCC[C@@H]1CC[C@@H]1[C@@H]2CC[C@]2(C)[C@H](O)/C(=C/c3ccccc3Cl)C[C@@H]12. The summed E-state index contributed by atoms with van der Waals surface area (Å²) >= 11 is 6.42. The summed E-state index contributed by atoms with van der Waals surface area (Å²) < 4.78 is 0. The minimum absolute atomic E-state index is 0.0477. The van der Waals surface area contributed by atoms with Crippen molar-refractivity contribution in [2.45, 2.75) is 77.7 Å². The Labute approximate surface area is 175 Å². The van der Waals surface area contributed by atoms with E-state index in [0.29, 0.717) is 11.3 Å². The van der Waals surface area contributed by atoms with Crippen molar-refractivity contribution in [1.29, 1.82) is 0 Å². The molecule has 1 N–H and O–H groups in total. The predicted molar refractivity (Wildman–Crippen MR) is 117 cm³/mol. The van der Waals surface area contributed by atoms with Gasteiger partial charge in [-0.1, -0.05) is 62.6 Å². The van der Waals surface area contributed by atoms with Gasteiger partial charge >= 0.3 is 0 Å². The smallest absolute Gasteiger partial charge is 0.0809 e. The van der Waals surface area contributed by atoms with Gasteiger partial charge in [0.05, 0.1) is 6.10 Å². The summed E-state index contributed by atoms with van der Waals surface area (Å²) in [4.78, 5) is 0. The first-order valence-corrected chi connectivity index (χ1v) is 11.9. The van der Waals surface area contributed by atoms with Crippen LogP contribution in [0.5, 0.6) is 0 Å². The molecule has 0 heterocycles. The topological polar surface area (TPSA) is 20.2 Å². The molecule has 0 bridgehead atoms. The molecule has 1 aromatic carbocycles. The molecule has 152 valence electrons. The van der Waals surface area contributed by atoms with Gasteiger partial charge in [0, 0.05) is 10.4 Å². The summed E-state index contributed by atoms with van der Waals surface area (Å²) in [5.74, 6) is 3.26. The van der Waals surface area contributed by atoms with Crippen molar-refractivity contribution in [2.75, 3.05) is 0 Å². The highest BCUT2D eigenvalue weighted by Crippen LogP contribution is 2.67. The van der Waals surface area contributed by atoms with Crippen LogP contribution in [0, 0.1) is 34.5 Å². The third kappa shape index (κ3) is 2.76. The summed E-state index contributed by atoms with van der Waals surface area (Å²) in [6, 6.07) is 8.04. The van der Waals surface area contributed by atoms with Gasteiger partial charge in [0.2, 0.25) is 0 Å². The van der Waals surface area contributed by atoms with Crippen molar-refractivity contribution in [3.8, 4) is 0 Å². The zero-order valence-electron chi connectivity index (χ0n) is 17.5. The fourth-order valence-corrected chi connectivity index (χ4v) is 8.28. The molecule has 4 saturated carbocycles. The largest absolute Gasteiger partial charge is 0.388 e. The molecule has 0 aromatic heterocycles. The summed E-state index contributed by atoms with van der Waals surface area (Å²) in [5, 5.41) is 12.2. The molecule has 1 nitrogen and oxygen atoms in total. The van der Waals surface area contributed by atoms with E-state index in [1.54, 1.807) is 0 Å². The molecule has 4 fully saturated rings. The number of benzene rings is 1. The Kier molecular flexibility index (Phi) is 4.71. The van der Waals surface area contributed by atoms with Gasteiger partial charge in [-0.2, -0.15) is 0 Å². The van der Waals surface area contributed by atoms with Crippen molar-refractivity contribution in [1.82, 2.24) is 0 Å². The fraction of sp³-hybridized carbons (Fsp3) is 0.692. The normalized spacial score (nSPS) is 46.7. The number of hydrogen-bond acceptors (Lipinski definition) is 1. The van der Waals surface area contributed by atoms with E-state index in [0.717, 1.165) is 34.8 Å². The van der Waals surface area contributed by atoms with Crippen LogP contribution in [0.3, 0.4) is 0 Å². The second-order valence-corrected chi connectivity index (χ2v) is 11.2. The highest BCUT2D eigenvalue weighted by molar-refractivity contribution is 6.32. The van der Waals surface area contributed by atoms with Gasteiger partial charge in [0.15, 0.2) is 0 Å². The third-order valence-corrected chi connectivity index (χ3v) is 10.0. The summed E-state index contributed by atoms with van der Waals surface area (Å²) in [6.07, 6.45) is 14.0. The minimum atomic E-state index is -0.313. The molecule has 0 amide bonds. The van der Waals surface area contributed by atoms with E-state index < -0.39 is 0 Å². The quantitative estimate of drug-likeness (QED) is 0.533. The lowest BCUT2D eigenvalue weighted by Gasteiger charge is -2.60. The maximum absolute atomic E-state index is 11.4. The Morgan fingerprint density at radius 2 is 1.79 bits per heavy atom. The highest BCUT2D eigenvalue weighted by atomic mass is 35.5. The molecule has 0 aliphatic heterocycles. The number of aliphatic hydroxyl groups is 1. The van der Waals surface area contributed by atoms with Crippen LogP contribution in [0.4, 0.5) is 0 Å².